The first-order valence-electron chi connectivity index (χ1n) is 6.89. The molecule has 0 spiro atoms. The van der Waals surface area contributed by atoms with Gasteiger partial charge in [-0.05, 0) is 43.0 Å². The van der Waals surface area contributed by atoms with Crippen molar-refractivity contribution in [1.82, 2.24) is 9.29 Å². The Morgan fingerprint density at radius 1 is 1.17 bits per heavy atom. The minimum Gasteiger partial charge on any atom is -0.241 e. The molecule has 3 rings (SSSR count). The van der Waals surface area contributed by atoms with Crippen molar-refractivity contribution < 1.29 is 8.42 Å². The van der Waals surface area contributed by atoms with E-state index in [4.69, 9.17) is 0 Å². The van der Waals surface area contributed by atoms with Crippen molar-refractivity contribution in [3.8, 4) is 10.6 Å². The lowest BCUT2D eigenvalue weighted by atomic mass is 10.3. The van der Waals surface area contributed by atoms with Crippen LogP contribution in [-0.4, -0.2) is 24.8 Å². The predicted molar refractivity (Wildman–Crippen MR) is 97.9 cm³/mol. The molecule has 0 amide bonds. The van der Waals surface area contributed by atoms with Crippen molar-refractivity contribution in [3.05, 3.63) is 44.4 Å². The Morgan fingerprint density at radius 2 is 1.96 bits per heavy atom. The maximum atomic E-state index is 12.7. The molecule has 0 radical (unpaired) electrons. The highest BCUT2D eigenvalue weighted by atomic mass is 32.2. The molecule has 3 aromatic heterocycles. The zero-order valence-electron chi connectivity index (χ0n) is 12.9. The summed E-state index contributed by atoms with van der Waals surface area (Å²) in [7, 11) is -1.85. The third kappa shape index (κ3) is 3.41. The summed E-state index contributed by atoms with van der Waals surface area (Å²) in [4.78, 5) is 6.37. The van der Waals surface area contributed by atoms with E-state index >= 15 is 0 Å². The Hall–Kier alpha value is -1.06. The van der Waals surface area contributed by atoms with Crippen LogP contribution in [0.4, 0.5) is 0 Å². The summed E-state index contributed by atoms with van der Waals surface area (Å²) in [6, 6.07) is 5.51. The van der Waals surface area contributed by atoms with Gasteiger partial charge in [-0.15, -0.1) is 34.0 Å². The zero-order chi connectivity index (χ0) is 16.6. The van der Waals surface area contributed by atoms with Crippen LogP contribution in [0.3, 0.4) is 0 Å². The number of sulfonamides is 1. The van der Waals surface area contributed by atoms with Crippen LogP contribution in [0.2, 0.25) is 0 Å². The van der Waals surface area contributed by atoms with Crippen LogP contribution >= 0.6 is 34.0 Å². The number of hydrogen-bond donors (Lipinski definition) is 0. The first-order chi connectivity index (χ1) is 10.9. The molecule has 0 atom stereocenters. The van der Waals surface area contributed by atoms with Gasteiger partial charge in [0.05, 0.1) is 15.6 Å². The van der Waals surface area contributed by atoms with Crippen molar-refractivity contribution in [1.29, 1.82) is 0 Å². The molecule has 122 valence electrons. The minimum absolute atomic E-state index is 0.356. The van der Waals surface area contributed by atoms with E-state index in [1.165, 1.54) is 15.6 Å². The van der Waals surface area contributed by atoms with E-state index in [2.05, 4.69) is 4.98 Å². The fourth-order valence-electron chi connectivity index (χ4n) is 2.08. The second kappa shape index (κ2) is 6.45. The Morgan fingerprint density at radius 3 is 2.57 bits per heavy atom. The van der Waals surface area contributed by atoms with Gasteiger partial charge < -0.3 is 0 Å². The van der Waals surface area contributed by atoms with Gasteiger partial charge in [0.1, 0.15) is 4.21 Å². The molecule has 0 N–H and O–H groups in total. The van der Waals surface area contributed by atoms with Gasteiger partial charge in [-0.3, -0.25) is 0 Å². The van der Waals surface area contributed by atoms with Gasteiger partial charge in [-0.2, -0.15) is 4.31 Å². The normalized spacial score (nSPS) is 12.2. The first-order valence-corrected chi connectivity index (χ1v) is 10.9. The molecule has 0 bridgehead atoms. The SMILES string of the molecule is Cc1nc(-c2ccc(S(=O)(=O)N(C)Cc3sccc3C)s2)cs1. The number of hydrogen-bond acceptors (Lipinski definition) is 6. The molecule has 0 aromatic carbocycles. The van der Waals surface area contributed by atoms with Crippen LogP contribution in [-0.2, 0) is 16.6 Å². The topological polar surface area (TPSA) is 50.3 Å². The average molecular weight is 385 g/mol. The van der Waals surface area contributed by atoms with Gasteiger partial charge in [0.2, 0.25) is 0 Å². The van der Waals surface area contributed by atoms with Crippen molar-refractivity contribution in [3.63, 3.8) is 0 Å². The van der Waals surface area contributed by atoms with E-state index in [-0.39, 0.29) is 0 Å². The molecule has 0 saturated carbocycles. The molecule has 3 heterocycles. The van der Waals surface area contributed by atoms with Gasteiger partial charge in [0.15, 0.2) is 0 Å². The second-order valence-electron chi connectivity index (χ2n) is 5.16. The largest absolute Gasteiger partial charge is 0.252 e. The lowest BCUT2D eigenvalue weighted by Crippen LogP contribution is -2.25. The number of nitrogens with zero attached hydrogens (tertiary/aromatic N) is 2. The quantitative estimate of drug-likeness (QED) is 0.656. The van der Waals surface area contributed by atoms with Crippen molar-refractivity contribution in [2.45, 2.75) is 24.6 Å². The van der Waals surface area contributed by atoms with Crippen LogP contribution in [0, 0.1) is 13.8 Å². The monoisotopic (exact) mass is 384 g/mol. The number of thiazole rings is 1. The number of aromatic nitrogens is 1. The van der Waals surface area contributed by atoms with E-state index in [1.807, 2.05) is 36.7 Å². The van der Waals surface area contributed by atoms with Crippen molar-refractivity contribution in [2.75, 3.05) is 7.05 Å². The highest BCUT2D eigenvalue weighted by Gasteiger charge is 2.24. The van der Waals surface area contributed by atoms with E-state index in [1.54, 1.807) is 35.8 Å². The van der Waals surface area contributed by atoms with Crippen LogP contribution in [0.25, 0.3) is 10.6 Å². The summed E-state index contributed by atoms with van der Waals surface area (Å²) in [5, 5.41) is 4.91. The summed E-state index contributed by atoms with van der Waals surface area (Å²) in [5.41, 5.74) is 1.97. The molecule has 8 heteroatoms. The van der Waals surface area contributed by atoms with E-state index < -0.39 is 10.0 Å². The molecule has 3 aromatic rings. The molecule has 0 aliphatic rings. The molecule has 0 aliphatic carbocycles. The van der Waals surface area contributed by atoms with Gasteiger partial charge in [-0.1, -0.05) is 0 Å². The first kappa shape index (κ1) is 16.8. The maximum absolute atomic E-state index is 12.7. The number of rotatable bonds is 5. The zero-order valence-corrected chi connectivity index (χ0v) is 16.2. The Bertz CT molecular complexity index is 921. The van der Waals surface area contributed by atoms with Crippen LogP contribution in [0.15, 0.2) is 33.2 Å². The van der Waals surface area contributed by atoms with Crippen molar-refractivity contribution >= 4 is 44.0 Å². The van der Waals surface area contributed by atoms with Crippen LogP contribution in [0.5, 0.6) is 0 Å². The maximum Gasteiger partial charge on any atom is 0.252 e. The lowest BCUT2D eigenvalue weighted by Gasteiger charge is -2.15. The molecule has 23 heavy (non-hydrogen) atoms. The number of thiophene rings is 2. The van der Waals surface area contributed by atoms with Gasteiger partial charge in [0, 0.05) is 23.8 Å². The molecule has 0 fully saturated rings. The standard InChI is InChI=1S/C15H16N2O2S4/c1-10-6-7-20-14(10)8-17(3)23(18,19)15-5-4-13(22-15)12-9-21-11(2)16-12/h4-7,9H,8H2,1-3H3. The smallest absolute Gasteiger partial charge is 0.241 e. The molecular weight excluding hydrogens is 368 g/mol. The fourth-order valence-corrected chi connectivity index (χ4v) is 6.42. The Kier molecular flexibility index (Phi) is 4.70. The average Bonchev–Trinajstić information content (AvgIpc) is 3.20. The third-order valence-electron chi connectivity index (χ3n) is 3.45. The highest BCUT2D eigenvalue weighted by Crippen LogP contribution is 2.33. The summed E-state index contributed by atoms with van der Waals surface area (Å²) in [6.07, 6.45) is 0. The Labute approximate surface area is 148 Å². The van der Waals surface area contributed by atoms with Gasteiger partial charge in [0.25, 0.3) is 10.0 Å². The summed E-state index contributed by atoms with van der Waals surface area (Å²) in [5.74, 6) is 0. The lowest BCUT2D eigenvalue weighted by molar-refractivity contribution is 0.471. The van der Waals surface area contributed by atoms with Crippen molar-refractivity contribution in [2.24, 2.45) is 0 Å². The molecule has 4 nitrogen and oxygen atoms in total. The summed E-state index contributed by atoms with van der Waals surface area (Å²) < 4.78 is 27.3. The Balaban J connectivity index is 1.85. The van der Waals surface area contributed by atoms with Crippen LogP contribution in [0.1, 0.15) is 15.4 Å². The minimum atomic E-state index is -3.48. The van der Waals surface area contributed by atoms with E-state index in [9.17, 15) is 8.42 Å². The van der Waals surface area contributed by atoms with Crippen LogP contribution < -0.4 is 0 Å². The molecule has 0 aliphatic heterocycles. The third-order valence-corrected chi connectivity index (χ3v) is 8.61. The summed E-state index contributed by atoms with van der Waals surface area (Å²) >= 11 is 4.42. The molecule has 0 saturated heterocycles. The fraction of sp³-hybridized carbons (Fsp3) is 0.267. The molecule has 0 unspecified atom stereocenters. The van der Waals surface area contributed by atoms with E-state index in [0.717, 1.165) is 26.0 Å². The van der Waals surface area contributed by atoms with Gasteiger partial charge in [-0.25, -0.2) is 13.4 Å². The summed E-state index contributed by atoms with van der Waals surface area (Å²) in [6.45, 7) is 4.34. The second-order valence-corrected chi connectivity index (χ2v) is 10.6. The van der Waals surface area contributed by atoms with E-state index in [0.29, 0.717) is 10.8 Å². The van der Waals surface area contributed by atoms with Gasteiger partial charge >= 0.3 is 0 Å². The molecular formula is C15H16N2O2S4. The highest BCUT2D eigenvalue weighted by molar-refractivity contribution is 7.91. The predicted octanol–water partition coefficient (Wildman–Crippen LogP) is 4.37. The number of aryl methyl sites for hydroxylation is 2.